The van der Waals surface area contributed by atoms with Gasteiger partial charge in [0.1, 0.15) is 11.6 Å². The molecule has 0 unspecified atom stereocenters. The molecule has 3 rings (SSSR count). The molecule has 28 heavy (non-hydrogen) atoms. The molecule has 2 aromatic carbocycles. The third-order valence-electron chi connectivity index (χ3n) is 4.59. The number of halogens is 1. The number of carbonyl (C=O) groups excluding carboxylic acids is 2. The second-order valence-electron chi connectivity index (χ2n) is 6.53. The maximum atomic E-state index is 13.6. The van der Waals surface area contributed by atoms with E-state index in [9.17, 15) is 14.0 Å². The van der Waals surface area contributed by atoms with E-state index >= 15 is 0 Å². The fraction of sp³-hybridized carbons (Fsp3) is 0.333. The first kappa shape index (κ1) is 19.8. The fourth-order valence-corrected chi connectivity index (χ4v) is 3.16. The molecule has 2 amide bonds. The summed E-state index contributed by atoms with van der Waals surface area (Å²) in [4.78, 5) is 28.7. The lowest BCUT2D eigenvalue weighted by atomic mass is 10.1. The molecular weight excluding hydrogens is 361 g/mol. The Kier molecular flexibility index (Phi) is 6.60. The molecule has 0 spiro atoms. The van der Waals surface area contributed by atoms with Crippen LogP contribution in [0.3, 0.4) is 0 Å². The molecule has 6 nitrogen and oxygen atoms in total. The van der Waals surface area contributed by atoms with Gasteiger partial charge in [-0.1, -0.05) is 24.3 Å². The number of hydrogen-bond acceptors (Lipinski definition) is 4. The van der Waals surface area contributed by atoms with Crippen molar-refractivity contribution in [1.82, 2.24) is 9.80 Å². The second kappa shape index (κ2) is 9.32. The topological polar surface area (TPSA) is 61.9 Å². The quantitative estimate of drug-likeness (QED) is 0.830. The monoisotopic (exact) mass is 385 g/mol. The van der Waals surface area contributed by atoms with Crippen LogP contribution in [0, 0.1) is 5.82 Å². The molecular formula is C21H24FN3O3. The Bertz CT molecular complexity index is 835. The number of carbonyl (C=O) groups is 2. The zero-order chi connectivity index (χ0) is 19.9. The summed E-state index contributed by atoms with van der Waals surface area (Å²) in [5.41, 5.74) is 0.726. The summed E-state index contributed by atoms with van der Waals surface area (Å²) in [6, 6.07) is 13.3. The largest absolute Gasteiger partial charge is 0.493 e. The first-order chi connectivity index (χ1) is 13.6. The van der Waals surface area contributed by atoms with Gasteiger partial charge in [-0.3, -0.25) is 14.5 Å². The molecule has 0 saturated carbocycles. The van der Waals surface area contributed by atoms with Crippen LogP contribution in [0.25, 0.3) is 0 Å². The van der Waals surface area contributed by atoms with Crippen LogP contribution in [0.5, 0.6) is 5.75 Å². The second-order valence-corrected chi connectivity index (χ2v) is 6.53. The van der Waals surface area contributed by atoms with E-state index in [0.29, 0.717) is 44.1 Å². The number of nitrogens with zero attached hydrogens (tertiary/aromatic N) is 2. The van der Waals surface area contributed by atoms with Gasteiger partial charge < -0.3 is 15.0 Å². The first-order valence-electron chi connectivity index (χ1n) is 9.36. The summed E-state index contributed by atoms with van der Waals surface area (Å²) in [5, 5.41) is 2.59. The van der Waals surface area contributed by atoms with Crippen molar-refractivity contribution in [2.24, 2.45) is 0 Å². The number of amides is 2. The fourth-order valence-electron chi connectivity index (χ4n) is 3.16. The van der Waals surface area contributed by atoms with E-state index in [2.05, 4.69) is 5.32 Å². The molecule has 0 aromatic heterocycles. The van der Waals surface area contributed by atoms with Gasteiger partial charge in [-0.05, 0) is 31.2 Å². The van der Waals surface area contributed by atoms with Crippen LogP contribution in [0.4, 0.5) is 10.1 Å². The number of benzene rings is 2. The predicted octanol–water partition coefficient (Wildman–Crippen LogP) is 2.62. The molecule has 1 N–H and O–H groups in total. The first-order valence-corrected chi connectivity index (χ1v) is 9.36. The summed E-state index contributed by atoms with van der Waals surface area (Å²) >= 11 is 0. The maximum absolute atomic E-state index is 13.6. The molecule has 0 aliphatic carbocycles. The summed E-state index contributed by atoms with van der Waals surface area (Å²) in [5.74, 6) is -0.216. The smallest absolute Gasteiger partial charge is 0.257 e. The minimum atomic E-state index is -0.459. The van der Waals surface area contributed by atoms with Crippen molar-refractivity contribution < 1.29 is 18.7 Å². The predicted molar refractivity (Wildman–Crippen MR) is 105 cm³/mol. The number of para-hydroxylation sites is 2. The van der Waals surface area contributed by atoms with E-state index < -0.39 is 5.82 Å². The molecule has 2 aromatic rings. The normalized spacial score (nSPS) is 14.6. The van der Waals surface area contributed by atoms with Gasteiger partial charge in [0.2, 0.25) is 5.91 Å². The van der Waals surface area contributed by atoms with Gasteiger partial charge in [0.05, 0.1) is 24.4 Å². The van der Waals surface area contributed by atoms with Gasteiger partial charge in [-0.25, -0.2) is 4.39 Å². The molecule has 148 valence electrons. The Labute approximate surface area is 163 Å². The zero-order valence-electron chi connectivity index (χ0n) is 15.9. The Morgan fingerprint density at radius 2 is 1.71 bits per heavy atom. The highest BCUT2D eigenvalue weighted by molar-refractivity contribution is 5.97. The van der Waals surface area contributed by atoms with E-state index in [1.807, 2.05) is 24.0 Å². The van der Waals surface area contributed by atoms with Crippen LogP contribution in [0.2, 0.25) is 0 Å². The average Bonchev–Trinajstić information content (AvgIpc) is 2.70. The summed E-state index contributed by atoms with van der Waals surface area (Å²) < 4.78 is 19.2. The molecule has 1 saturated heterocycles. The Morgan fingerprint density at radius 3 is 2.43 bits per heavy atom. The van der Waals surface area contributed by atoms with Crippen molar-refractivity contribution in [2.75, 3.05) is 44.6 Å². The van der Waals surface area contributed by atoms with Gasteiger partial charge in [-0.15, -0.1) is 0 Å². The van der Waals surface area contributed by atoms with Gasteiger partial charge in [0.25, 0.3) is 5.91 Å². The third-order valence-corrected chi connectivity index (χ3v) is 4.59. The summed E-state index contributed by atoms with van der Waals surface area (Å²) in [7, 11) is 0. The van der Waals surface area contributed by atoms with Crippen molar-refractivity contribution in [3.8, 4) is 5.75 Å². The molecule has 0 bridgehead atoms. The Hall–Kier alpha value is -2.93. The van der Waals surface area contributed by atoms with E-state index in [-0.39, 0.29) is 24.0 Å². The number of piperazine rings is 1. The molecule has 1 aliphatic rings. The lowest BCUT2D eigenvalue weighted by Gasteiger charge is -2.34. The van der Waals surface area contributed by atoms with Crippen molar-refractivity contribution in [1.29, 1.82) is 0 Å². The zero-order valence-corrected chi connectivity index (χ0v) is 15.9. The highest BCUT2D eigenvalue weighted by Gasteiger charge is 2.25. The number of anilines is 1. The number of ether oxygens (including phenoxy) is 1. The molecule has 1 aliphatic heterocycles. The van der Waals surface area contributed by atoms with Gasteiger partial charge in [0, 0.05) is 26.2 Å². The molecule has 0 atom stereocenters. The number of hydrogen-bond donors (Lipinski definition) is 1. The summed E-state index contributed by atoms with van der Waals surface area (Å²) in [6.07, 6.45) is 0. The van der Waals surface area contributed by atoms with Crippen LogP contribution in [-0.2, 0) is 4.79 Å². The highest BCUT2D eigenvalue weighted by atomic mass is 19.1. The minimum absolute atomic E-state index is 0.0699. The lowest BCUT2D eigenvalue weighted by molar-refractivity contribution is -0.117. The maximum Gasteiger partial charge on any atom is 0.257 e. The highest BCUT2D eigenvalue weighted by Crippen LogP contribution is 2.20. The summed E-state index contributed by atoms with van der Waals surface area (Å²) in [6.45, 7) is 4.73. The van der Waals surface area contributed by atoms with Crippen LogP contribution >= 0.6 is 0 Å². The third kappa shape index (κ3) is 4.86. The van der Waals surface area contributed by atoms with Gasteiger partial charge >= 0.3 is 0 Å². The molecule has 1 fully saturated rings. The van der Waals surface area contributed by atoms with Gasteiger partial charge in [0.15, 0.2) is 0 Å². The van der Waals surface area contributed by atoms with E-state index in [1.165, 1.54) is 12.1 Å². The van der Waals surface area contributed by atoms with Crippen LogP contribution < -0.4 is 10.1 Å². The molecule has 1 heterocycles. The molecule has 7 heteroatoms. The number of rotatable bonds is 6. The number of nitrogens with one attached hydrogen (secondary N) is 1. The van der Waals surface area contributed by atoms with Crippen molar-refractivity contribution >= 4 is 17.5 Å². The van der Waals surface area contributed by atoms with Gasteiger partial charge in [-0.2, -0.15) is 0 Å². The van der Waals surface area contributed by atoms with Crippen LogP contribution in [-0.4, -0.2) is 60.9 Å². The average molecular weight is 385 g/mol. The van der Waals surface area contributed by atoms with E-state index in [4.69, 9.17) is 4.74 Å². The Morgan fingerprint density at radius 1 is 1.04 bits per heavy atom. The standard InChI is InChI=1S/C21H24FN3O3/c1-2-28-19-10-6-3-7-16(19)21(27)25-13-11-24(12-14-25)15-20(26)23-18-9-5-4-8-17(18)22/h3-10H,2,11-15H2,1H3,(H,23,26). The Balaban J connectivity index is 1.52. The van der Waals surface area contributed by atoms with Crippen LogP contribution in [0.15, 0.2) is 48.5 Å². The van der Waals surface area contributed by atoms with E-state index in [0.717, 1.165) is 0 Å². The van der Waals surface area contributed by atoms with Crippen molar-refractivity contribution in [3.63, 3.8) is 0 Å². The van der Waals surface area contributed by atoms with Crippen molar-refractivity contribution in [2.45, 2.75) is 6.92 Å². The lowest BCUT2D eigenvalue weighted by Crippen LogP contribution is -2.50. The molecule has 0 radical (unpaired) electrons. The minimum Gasteiger partial charge on any atom is -0.493 e. The van der Waals surface area contributed by atoms with E-state index in [1.54, 1.807) is 29.2 Å². The van der Waals surface area contributed by atoms with Crippen LogP contribution in [0.1, 0.15) is 17.3 Å². The van der Waals surface area contributed by atoms with Crippen molar-refractivity contribution in [3.05, 3.63) is 59.9 Å². The SMILES string of the molecule is CCOc1ccccc1C(=O)N1CCN(CC(=O)Nc2ccccc2F)CC1.